The second kappa shape index (κ2) is 8.14. The number of carbonyl (C=O) groups is 1. The smallest absolute Gasteiger partial charge is 0.319 e. The number of urea groups is 1. The van der Waals surface area contributed by atoms with Gasteiger partial charge in [0.2, 0.25) is 0 Å². The topological polar surface area (TPSA) is 84.3 Å². The van der Waals surface area contributed by atoms with Gasteiger partial charge in [-0.25, -0.2) is 4.79 Å². The molecule has 0 aliphatic rings. The Morgan fingerprint density at radius 2 is 2.05 bits per heavy atom. The van der Waals surface area contributed by atoms with Crippen LogP contribution in [0.15, 0.2) is 18.2 Å². The Bertz CT molecular complexity index is 475. The number of hydrogen-bond acceptors (Lipinski definition) is 3. The number of carbonyl (C=O) groups excluding carboxylic acids is 1. The second-order valence-corrected chi connectivity index (χ2v) is 4.65. The molecule has 110 valence electrons. The van der Waals surface area contributed by atoms with E-state index in [1.54, 1.807) is 19.1 Å². The third-order valence-corrected chi connectivity index (χ3v) is 3.07. The Labute approximate surface area is 118 Å². The molecule has 2 amide bonds. The predicted molar refractivity (Wildman–Crippen MR) is 79.0 cm³/mol. The minimum Gasteiger partial charge on any atom is -0.338 e. The monoisotopic (exact) mass is 279 g/mol. The summed E-state index contributed by atoms with van der Waals surface area (Å²) >= 11 is 0. The molecule has 0 radical (unpaired) electrons. The predicted octanol–water partition coefficient (Wildman–Crippen LogP) is 3.61. The van der Waals surface area contributed by atoms with Crippen molar-refractivity contribution in [2.75, 3.05) is 11.9 Å². The van der Waals surface area contributed by atoms with E-state index in [1.807, 2.05) is 0 Å². The van der Waals surface area contributed by atoms with Crippen molar-refractivity contribution >= 4 is 17.4 Å². The molecule has 6 heteroatoms. The standard InChI is InChI=1S/C14H21N3O3/c1-3-4-5-6-10-15-14(18)16-12-8-7-9-13(11(12)2)17(19)20/h7-9H,3-6,10H2,1-2H3,(H2,15,16,18). The molecule has 0 bridgehead atoms. The van der Waals surface area contributed by atoms with Crippen molar-refractivity contribution in [3.63, 3.8) is 0 Å². The molecule has 0 spiro atoms. The zero-order valence-corrected chi connectivity index (χ0v) is 11.9. The highest BCUT2D eigenvalue weighted by Gasteiger charge is 2.14. The molecule has 1 aromatic carbocycles. The van der Waals surface area contributed by atoms with E-state index in [1.165, 1.54) is 6.07 Å². The maximum atomic E-state index is 11.7. The van der Waals surface area contributed by atoms with Gasteiger partial charge in [-0.05, 0) is 19.4 Å². The Balaban J connectivity index is 2.50. The molecule has 0 heterocycles. The quantitative estimate of drug-likeness (QED) is 0.454. The molecule has 0 aliphatic carbocycles. The zero-order valence-electron chi connectivity index (χ0n) is 11.9. The number of hydrogen-bond donors (Lipinski definition) is 2. The summed E-state index contributed by atoms with van der Waals surface area (Å²) < 4.78 is 0. The number of anilines is 1. The lowest BCUT2D eigenvalue weighted by Gasteiger charge is -2.09. The summed E-state index contributed by atoms with van der Waals surface area (Å²) in [6.07, 6.45) is 4.34. The van der Waals surface area contributed by atoms with Gasteiger partial charge in [0, 0.05) is 12.6 Å². The van der Waals surface area contributed by atoms with Gasteiger partial charge in [0.15, 0.2) is 0 Å². The van der Waals surface area contributed by atoms with Crippen LogP contribution in [-0.2, 0) is 0 Å². The van der Waals surface area contributed by atoms with E-state index in [-0.39, 0.29) is 11.7 Å². The fourth-order valence-corrected chi connectivity index (χ4v) is 1.88. The van der Waals surface area contributed by atoms with Crippen LogP contribution in [0, 0.1) is 17.0 Å². The molecule has 0 saturated heterocycles. The van der Waals surface area contributed by atoms with Crippen LogP contribution in [0.2, 0.25) is 0 Å². The van der Waals surface area contributed by atoms with E-state index in [9.17, 15) is 14.9 Å². The molecular weight excluding hydrogens is 258 g/mol. The lowest BCUT2D eigenvalue weighted by Crippen LogP contribution is -2.29. The van der Waals surface area contributed by atoms with E-state index in [2.05, 4.69) is 17.6 Å². The van der Waals surface area contributed by atoms with Gasteiger partial charge in [-0.15, -0.1) is 0 Å². The molecule has 0 saturated carbocycles. The van der Waals surface area contributed by atoms with Crippen LogP contribution in [0.3, 0.4) is 0 Å². The maximum absolute atomic E-state index is 11.7. The Hall–Kier alpha value is -2.11. The molecule has 6 nitrogen and oxygen atoms in total. The van der Waals surface area contributed by atoms with Crippen molar-refractivity contribution < 1.29 is 9.72 Å². The van der Waals surface area contributed by atoms with E-state index in [0.29, 0.717) is 17.8 Å². The van der Waals surface area contributed by atoms with Crippen LogP contribution in [0.5, 0.6) is 0 Å². The van der Waals surface area contributed by atoms with Crippen LogP contribution in [0.25, 0.3) is 0 Å². The van der Waals surface area contributed by atoms with Gasteiger partial charge < -0.3 is 10.6 Å². The summed E-state index contributed by atoms with van der Waals surface area (Å²) in [6.45, 7) is 4.36. The minimum absolute atomic E-state index is 0.00532. The molecule has 0 aliphatic heterocycles. The highest BCUT2D eigenvalue weighted by Crippen LogP contribution is 2.24. The van der Waals surface area contributed by atoms with Crippen molar-refractivity contribution in [1.29, 1.82) is 0 Å². The number of nitrogens with one attached hydrogen (secondary N) is 2. The van der Waals surface area contributed by atoms with Crippen LogP contribution in [-0.4, -0.2) is 17.5 Å². The summed E-state index contributed by atoms with van der Waals surface area (Å²) in [7, 11) is 0. The van der Waals surface area contributed by atoms with Crippen molar-refractivity contribution in [1.82, 2.24) is 5.32 Å². The number of amides is 2. The largest absolute Gasteiger partial charge is 0.338 e. The number of unbranched alkanes of at least 4 members (excludes halogenated alkanes) is 3. The minimum atomic E-state index is -0.455. The van der Waals surface area contributed by atoms with Crippen molar-refractivity contribution in [2.24, 2.45) is 0 Å². The summed E-state index contributed by atoms with van der Waals surface area (Å²) in [5.41, 5.74) is 0.926. The molecule has 1 aromatic rings. The number of nitro groups is 1. The molecule has 20 heavy (non-hydrogen) atoms. The van der Waals surface area contributed by atoms with Crippen LogP contribution in [0.1, 0.15) is 38.2 Å². The third-order valence-electron chi connectivity index (χ3n) is 3.07. The molecule has 2 N–H and O–H groups in total. The average molecular weight is 279 g/mol. The second-order valence-electron chi connectivity index (χ2n) is 4.65. The Morgan fingerprint density at radius 1 is 1.30 bits per heavy atom. The van der Waals surface area contributed by atoms with Gasteiger partial charge in [0.05, 0.1) is 16.2 Å². The Kier molecular flexibility index (Phi) is 6.49. The van der Waals surface area contributed by atoms with E-state index >= 15 is 0 Å². The first-order valence-electron chi connectivity index (χ1n) is 6.85. The van der Waals surface area contributed by atoms with Gasteiger partial charge in [-0.3, -0.25) is 10.1 Å². The summed E-state index contributed by atoms with van der Waals surface area (Å²) in [5.74, 6) is 0. The average Bonchev–Trinajstić information content (AvgIpc) is 2.40. The first-order valence-corrected chi connectivity index (χ1v) is 6.85. The SMILES string of the molecule is CCCCCCNC(=O)Nc1cccc([N+](=O)[O-])c1C. The van der Waals surface area contributed by atoms with Crippen LogP contribution >= 0.6 is 0 Å². The molecule has 0 aromatic heterocycles. The number of nitro benzene ring substituents is 1. The van der Waals surface area contributed by atoms with Gasteiger partial charge in [-0.1, -0.05) is 32.3 Å². The van der Waals surface area contributed by atoms with Crippen LogP contribution in [0.4, 0.5) is 16.2 Å². The summed E-state index contributed by atoms with van der Waals surface area (Å²) in [6, 6.07) is 4.30. The van der Waals surface area contributed by atoms with Crippen molar-refractivity contribution in [2.45, 2.75) is 39.5 Å². The number of benzene rings is 1. The van der Waals surface area contributed by atoms with Gasteiger partial charge in [0.1, 0.15) is 0 Å². The highest BCUT2D eigenvalue weighted by atomic mass is 16.6. The third kappa shape index (κ3) is 4.87. The Morgan fingerprint density at radius 3 is 2.70 bits per heavy atom. The van der Waals surface area contributed by atoms with E-state index < -0.39 is 4.92 Å². The highest BCUT2D eigenvalue weighted by molar-refractivity contribution is 5.90. The van der Waals surface area contributed by atoms with Crippen LogP contribution < -0.4 is 10.6 Å². The van der Waals surface area contributed by atoms with E-state index in [4.69, 9.17) is 0 Å². The molecule has 0 fully saturated rings. The van der Waals surface area contributed by atoms with Gasteiger partial charge in [0.25, 0.3) is 5.69 Å². The van der Waals surface area contributed by atoms with Crippen molar-refractivity contribution in [3.8, 4) is 0 Å². The summed E-state index contributed by atoms with van der Waals surface area (Å²) in [5, 5.41) is 16.2. The van der Waals surface area contributed by atoms with Crippen molar-refractivity contribution in [3.05, 3.63) is 33.9 Å². The first-order chi connectivity index (χ1) is 9.56. The molecule has 1 rings (SSSR count). The number of nitrogens with zero attached hydrogens (tertiary/aromatic N) is 1. The lowest BCUT2D eigenvalue weighted by molar-refractivity contribution is -0.385. The molecule has 0 atom stereocenters. The zero-order chi connectivity index (χ0) is 15.0. The molecule has 0 unspecified atom stereocenters. The molecular formula is C14H21N3O3. The fraction of sp³-hybridized carbons (Fsp3) is 0.500. The lowest BCUT2D eigenvalue weighted by atomic mass is 10.1. The van der Waals surface area contributed by atoms with Gasteiger partial charge >= 0.3 is 6.03 Å². The maximum Gasteiger partial charge on any atom is 0.319 e. The normalized spacial score (nSPS) is 10.1. The van der Waals surface area contributed by atoms with E-state index in [0.717, 1.165) is 25.7 Å². The summed E-state index contributed by atoms with van der Waals surface area (Å²) in [4.78, 5) is 22.0. The fourth-order valence-electron chi connectivity index (χ4n) is 1.88. The van der Waals surface area contributed by atoms with Gasteiger partial charge in [-0.2, -0.15) is 0 Å². The number of rotatable bonds is 7. The first kappa shape index (κ1) is 15.9.